The molecule has 0 fully saturated rings. The van der Waals surface area contributed by atoms with Gasteiger partial charge in [-0.05, 0) is 23.8 Å². The van der Waals surface area contributed by atoms with E-state index >= 15 is 0 Å². The highest BCUT2D eigenvalue weighted by molar-refractivity contribution is 6.32. The third-order valence-electron chi connectivity index (χ3n) is 5.51. The van der Waals surface area contributed by atoms with Crippen LogP contribution in [0, 0.1) is 12.3 Å². The first kappa shape index (κ1) is 17.5. The number of para-hydroxylation sites is 2. The molecule has 0 saturated heterocycles. The van der Waals surface area contributed by atoms with E-state index in [1.807, 2.05) is 36.4 Å². The molecule has 0 saturated carbocycles. The van der Waals surface area contributed by atoms with Crippen LogP contribution in [0.3, 0.4) is 0 Å². The molecule has 0 bridgehead atoms. The third kappa shape index (κ3) is 2.28. The van der Waals surface area contributed by atoms with Crippen LogP contribution in [0.25, 0.3) is 5.69 Å². The lowest BCUT2D eigenvalue weighted by Gasteiger charge is -2.32. The van der Waals surface area contributed by atoms with Crippen LogP contribution in [0.5, 0.6) is 0 Å². The molecule has 2 amide bonds. The first-order chi connectivity index (χ1) is 14.1. The van der Waals surface area contributed by atoms with Crippen LogP contribution in [0.15, 0.2) is 54.7 Å². The predicted molar refractivity (Wildman–Crippen MR) is 110 cm³/mol. The number of benzene rings is 2. The SMILES string of the molecule is C#CCN1C(=O)[C@]2(CC(=O)Nc3c2cnn3-c2ccccc2Cl)c2ccccc21. The predicted octanol–water partition coefficient (Wildman–Crippen LogP) is 3.13. The van der Waals surface area contributed by atoms with E-state index < -0.39 is 5.41 Å². The van der Waals surface area contributed by atoms with Crippen molar-refractivity contribution in [2.45, 2.75) is 11.8 Å². The second-order valence-corrected chi connectivity index (χ2v) is 7.42. The fraction of sp³-hybridized carbons (Fsp3) is 0.136. The molecule has 3 heterocycles. The van der Waals surface area contributed by atoms with Crippen LogP contribution in [-0.2, 0) is 15.0 Å². The number of fused-ring (bicyclic) bond motifs is 4. The molecule has 1 atom stereocenters. The van der Waals surface area contributed by atoms with Crippen LogP contribution < -0.4 is 10.2 Å². The summed E-state index contributed by atoms with van der Waals surface area (Å²) in [5.41, 5.74) is 1.57. The standard InChI is InChI=1S/C22H15ClN4O2/c1-2-11-26-17-9-5-3-7-14(17)22(21(26)29)12-19(28)25-20-15(22)13-24-27(20)18-10-6-4-8-16(18)23/h1,3-10,13H,11-12H2,(H,25,28)/t22-/m1/s1. The maximum Gasteiger partial charge on any atom is 0.243 e. The number of anilines is 2. The van der Waals surface area contributed by atoms with E-state index in [2.05, 4.69) is 16.3 Å². The molecule has 142 valence electrons. The van der Waals surface area contributed by atoms with Crippen molar-refractivity contribution in [3.63, 3.8) is 0 Å². The molecule has 0 aliphatic carbocycles. The monoisotopic (exact) mass is 402 g/mol. The average molecular weight is 403 g/mol. The molecule has 2 aliphatic rings. The van der Waals surface area contributed by atoms with Gasteiger partial charge in [-0.25, -0.2) is 4.68 Å². The van der Waals surface area contributed by atoms with Gasteiger partial charge in [0.1, 0.15) is 11.2 Å². The molecule has 1 N–H and O–H groups in total. The van der Waals surface area contributed by atoms with Gasteiger partial charge in [0.05, 0.1) is 23.5 Å². The number of rotatable bonds is 2. The average Bonchev–Trinajstić information content (AvgIpc) is 3.23. The van der Waals surface area contributed by atoms with Gasteiger partial charge < -0.3 is 5.32 Å². The minimum Gasteiger partial charge on any atom is -0.310 e. The largest absolute Gasteiger partial charge is 0.310 e. The number of halogens is 1. The Balaban J connectivity index is 1.78. The maximum absolute atomic E-state index is 13.6. The molecule has 5 rings (SSSR count). The fourth-order valence-electron chi connectivity index (χ4n) is 4.30. The van der Waals surface area contributed by atoms with Gasteiger partial charge in [0.25, 0.3) is 0 Å². The van der Waals surface area contributed by atoms with Gasteiger partial charge in [0, 0.05) is 17.7 Å². The zero-order chi connectivity index (χ0) is 20.2. The first-order valence-corrected chi connectivity index (χ1v) is 9.44. The Morgan fingerprint density at radius 2 is 1.83 bits per heavy atom. The number of carbonyl (C=O) groups is 2. The normalized spacial score (nSPS) is 19.7. The minimum atomic E-state index is -1.16. The Bertz CT molecular complexity index is 1230. The van der Waals surface area contributed by atoms with Crippen molar-refractivity contribution in [3.05, 3.63) is 70.9 Å². The molecule has 0 radical (unpaired) electrons. The zero-order valence-corrected chi connectivity index (χ0v) is 16.0. The molecular formula is C22H15ClN4O2. The fourth-order valence-corrected chi connectivity index (χ4v) is 4.52. The molecule has 2 aliphatic heterocycles. The third-order valence-corrected chi connectivity index (χ3v) is 5.83. The molecule has 1 aromatic heterocycles. The van der Waals surface area contributed by atoms with E-state index in [4.69, 9.17) is 18.0 Å². The summed E-state index contributed by atoms with van der Waals surface area (Å²) in [5, 5.41) is 7.83. The topological polar surface area (TPSA) is 67.2 Å². The summed E-state index contributed by atoms with van der Waals surface area (Å²) in [6.45, 7) is 0.132. The summed E-state index contributed by atoms with van der Waals surface area (Å²) in [5.74, 6) is 2.50. The van der Waals surface area contributed by atoms with Crippen LogP contribution in [-0.4, -0.2) is 28.1 Å². The molecule has 3 aromatic rings. The van der Waals surface area contributed by atoms with Gasteiger partial charge in [0.2, 0.25) is 11.8 Å². The van der Waals surface area contributed by atoms with E-state index in [0.29, 0.717) is 22.1 Å². The van der Waals surface area contributed by atoms with Gasteiger partial charge in [-0.3, -0.25) is 14.5 Å². The van der Waals surface area contributed by atoms with Gasteiger partial charge in [-0.15, -0.1) is 6.42 Å². The Labute approximate surface area is 172 Å². The maximum atomic E-state index is 13.6. The molecule has 1 spiro atoms. The summed E-state index contributed by atoms with van der Waals surface area (Å²) in [6.07, 6.45) is 7.13. The Kier molecular flexibility index (Phi) is 3.76. The smallest absolute Gasteiger partial charge is 0.243 e. The molecule has 6 nitrogen and oxygen atoms in total. The Morgan fingerprint density at radius 3 is 2.59 bits per heavy atom. The van der Waals surface area contributed by atoms with Crippen LogP contribution in [0.1, 0.15) is 17.5 Å². The Hall–Kier alpha value is -3.56. The van der Waals surface area contributed by atoms with E-state index in [-0.39, 0.29) is 24.8 Å². The van der Waals surface area contributed by atoms with E-state index in [1.54, 1.807) is 27.9 Å². The number of carbonyl (C=O) groups excluding carboxylic acids is 2. The number of terminal acetylenes is 1. The number of amides is 2. The van der Waals surface area contributed by atoms with E-state index in [1.165, 1.54) is 0 Å². The van der Waals surface area contributed by atoms with Crippen molar-refractivity contribution >= 4 is 34.9 Å². The number of hydrogen-bond acceptors (Lipinski definition) is 3. The van der Waals surface area contributed by atoms with Crippen molar-refractivity contribution in [1.29, 1.82) is 0 Å². The van der Waals surface area contributed by atoms with Crippen molar-refractivity contribution in [2.24, 2.45) is 0 Å². The van der Waals surface area contributed by atoms with Gasteiger partial charge in [0.15, 0.2) is 0 Å². The number of hydrogen-bond donors (Lipinski definition) is 1. The summed E-state index contributed by atoms with van der Waals surface area (Å²) in [4.78, 5) is 28.0. The highest BCUT2D eigenvalue weighted by Crippen LogP contribution is 2.52. The van der Waals surface area contributed by atoms with Crippen molar-refractivity contribution in [2.75, 3.05) is 16.8 Å². The Morgan fingerprint density at radius 1 is 1.10 bits per heavy atom. The summed E-state index contributed by atoms with van der Waals surface area (Å²) >= 11 is 6.35. The second kappa shape index (κ2) is 6.23. The lowest BCUT2D eigenvalue weighted by atomic mass is 9.72. The minimum absolute atomic E-state index is 0.00880. The lowest BCUT2D eigenvalue weighted by molar-refractivity contribution is -0.126. The van der Waals surface area contributed by atoms with Crippen molar-refractivity contribution in [1.82, 2.24) is 9.78 Å². The first-order valence-electron chi connectivity index (χ1n) is 9.06. The van der Waals surface area contributed by atoms with Crippen molar-refractivity contribution < 1.29 is 9.59 Å². The molecule has 0 unspecified atom stereocenters. The summed E-state index contributed by atoms with van der Waals surface area (Å²) < 4.78 is 1.57. The summed E-state index contributed by atoms with van der Waals surface area (Å²) in [6, 6.07) is 14.6. The number of aromatic nitrogens is 2. The van der Waals surface area contributed by atoms with Crippen LogP contribution in [0.2, 0.25) is 5.02 Å². The van der Waals surface area contributed by atoms with E-state index in [9.17, 15) is 9.59 Å². The highest BCUT2D eigenvalue weighted by atomic mass is 35.5. The van der Waals surface area contributed by atoms with Gasteiger partial charge in [-0.1, -0.05) is 47.9 Å². The van der Waals surface area contributed by atoms with Gasteiger partial charge >= 0.3 is 0 Å². The van der Waals surface area contributed by atoms with Crippen LogP contribution >= 0.6 is 11.6 Å². The highest BCUT2D eigenvalue weighted by Gasteiger charge is 2.57. The van der Waals surface area contributed by atoms with Crippen molar-refractivity contribution in [3.8, 4) is 18.0 Å². The van der Waals surface area contributed by atoms with Gasteiger partial charge in [-0.2, -0.15) is 5.10 Å². The van der Waals surface area contributed by atoms with E-state index in [0.717, 1.165) is 11.3 Å². The zero-order valence-electron chi connectivity index (χ0n) is 15.2. The molecule has 2 aromatic carbocycles. The lowest BCUT2D eigenvalue weighted by Crippen LogP contribution is -2.46. The number of nitrogens with one attached hydrogen (secondary N) is 1. The summed E-state index contributed by atoms with van der Waals surface area (Å²) in [7, 11) is 0. The quantitative estimate of drug-likeness (QED) is 0.670. The molecule has 7 heteroatoms. The molecule has 29 heavy (non-hydrogen) atoms. The second-order valence-electron chi connectivity index (χ2n) is 7.01. The van der Waals surface area contributed by atoms with Crippen LogP contribution in [0.4, 0.5) is 11.5 Å². The number of nitrogens with zero attached hydrogens (tertiary/aromatic N) is 3. The molecular weight excluding hydrogens is 388 g/mol.